The molecule has 0 aliphatic carbocycles. The van der Waals surface area contributed by atoms with Gasteiger partial charge in [-0.25, -0.2) is 14.8 Å². The van der Waals surface area contributed by atoms with Gasteiger partial charge in [0.15, 0.2) is 8.32 Å². The number of unbranched alkanes of at least 4 members (excludes halogenated alkanes) is 1. The van der Waals surface area contributed by atoms with E-state index in [0.717, 1.165) is 59.7 Å². The number of hydrogen-bond acceptors (Lipinski definition) is 7. The molecule has 0 atom stereocenters. The van der Waals surface area contributed by atoms with Gasteiger partial charge in [0.25, 0.3) is 0 Å². The molecule has 3 N–H and O–H groups in total. The van der Waals surface area contributed by atoms with Crippen LogP contribution in [0.4, 0.5) is 22.1 Å². The second-order valence-electron chi connectivity index (χ2n) is 13.2. The molecule has 1 amide bonds. The number of anilines is 3. The van der Waals surface area contributed by atoms with Crippen LogP contribution in [0.15, 0.2) is 60.9 Å². The summed E-state index contributed by atoms with van der Waals surface area (Å²) in [5.74, 6) is 1.55. The molecule has 2 aromatic heterocycles. The van der Waals surface area contributed by atoms with Crippen LogP contribution in [0.25, 0.3) is 11.1 Å². The Morgan fingerprint density at radius 1 is 0.907 bits per heavy atom. The number of carbonyl (C=O) groups excluding carboxylic acids is 1. The maximum absolute atomic E-state index is 12.1. The van der Waals surface area contributed by atoms with Crippen molar-refractivity contribution in [2.24, 2.45) is 0 Å². The minimum Gasteiger partial charge on any atom is -0.444 e. The molecular weight excluding hydrogens is 554 g/mol. The van der Waals surface area contributed by atoms with E-state index in [4.69, 9.17) is 9.16 Å². The van der Waals surface area contributed by atoms with Gasteiger partial charge in [-0.1, -0.05) is 46.2 Å². The summed E-state index contributed by atoms with van der Waals surface area (Å²) in [6.07, 6.45) is 7.04. The van der Waals surface area contributed by atoms with Crippen LogP contribution in [0, 0.1) is 0 Å². The van der Waals surface area contributed by atoms with E-state index in [1.54, 1.807) is 6.20 Å². The summed E-state index contributed by atoms with van der Waals surface area (Å²) in [5.41, 5.74) is 3.70. The SMILES string of the molecule is CCCCC(C)(C)OC(=O)NCCCNc1ccc(-c2ccnc(Nc3cccc(CO[Si](C)(C)C(C)(C)C)c3)c2)cn1. The Morgan fingerprint density at radius 2 is 1.70 bits per heavy atom. The lowest BCUT2D eigenvalue weighted by atomic mass is 10.0. The van der Waals surface area contributed by atoms with Crippen molar-refractivity contribution in [3.8, 4) is 11.1 Å². The van der Waals surface area contributed by atoms with E-state index in [-0.39, 0.29) is 11.1 Å². The highest BCUT2D eigenvalue weighted by Gasteiger charge is 2.37. The van der Waals surface area contributed by atoms with Gasteiger partial charge in [0.05, 0.1) is 6.61 Å². The van der Waals surface area contributed by atoms with E-state index in [1.807, 2.05) is 56.4 Å². The van der Waals surface area contributed by atoms with Crippen LogP contribution < -0.4 is 16.0 Å². The summed E-state index contributed by atoms with van der Waals surface area (Å²) in [6, 6.07) is 16.3. The van der Waals surface area contributed by atoms with Crippen LogP contribution in [0.2, 0.25) is 18.1 Å². The summed E-state index contributed by atoms with van der Waals surface area (Å²) in [7, 11) is -1.82. The van der Waals surface area contributed by atoms with Crippen molar-refractivity contribution in [2.75, 3.05) is 23.7 Å². The van der Waals surface area contributed by atoms with Gasteiger partial charge in [0.2, 0.25) is 0 Å². The minimum atomic E-state index is -1.82. The van der Waals surface area contributed by atoms with Crippen molar-refractivity contribution in [2.45, 2.75) is 97.6 Å². The zero-order valence-corrected chi connectivity index (χ0v) is 28.3. The molecule has 3 aromatic rings. The Bertz CT molecular complexity index is 1310. The maximum atomic E-state index is 12.1. The zero-order valence-electron chi connectivity index (χ0n) is 27.3. The molecule has 0 fully saturated rings. The van der Waals surface area contributed by atoms with Crippen LogP contribution in [-0.4, -0.2) is 43.1 Å². The average molecular weight is 606 g/mol. The lowest BCUT2D eigenvalue weighted by molar-refractivity contribution is 0.0313. The van der Waals surface area contributed by atoms with Gasteiger partial charge in [-0.05, 0) is 98.8 Å². The molecule has 0 bridgehead atoms. The summed E-state index contributed by atoms with van der Waals surface area (Å²) in [4.78, 5) is 21.2. The summed E-state index contributed by atoms with van der Waals surface area (Å²) in [5, 5.41) is 9.76. The average Bonchev–Trinajstić information content (AvgIpc) is 2.95. The third-order valence-corrected chi connectivity index (χ3v) is 12.4. The zero-order chi connectivity index (χ0) is 31.5. The Kier molecular flexibility index (Phi) is 12.2. The normalized spacial score (nSPS) is 12.1. The largest absolute Gasteiger partial charge is 0.444 e. The molecular formula is C34H51N5O3Si. The van der Waals surface area contributed by atoms with Crippen molar-refractivity contribution in [1.29, 1.82) is 0 Å². The first-order chi connectivity index (χ1) is 20.3. The van der Waals surface area contributed by atoms with E-state index in [9.17, 15) is 4.79 Å². The molecule has 0 spiro atoms. The third kappa shape index (κ3) is 11.3. The number of benzene rings is 1. The Labute approximate surface area is 259 Å². The smallest absolute Gasteiger partial charge is 0.407 e. The number of nitrogens with one attached hydrogen (secondary N) is 3. The van der Waals surface area contributed by atoms with Gasteiger partial charge in [-0.15, -0.1) is 0 Å². The summed E-state index contributed by atoms with van der Waals surface area (Å²) >= 11 is 0. The van der Waals surface area contributed by atoms with Gasteiger partial charge >= 0.3 is 6.09 Å². The Balaban J connectivity index is 1.48. The van der Waals surface area contributed by atoms with Crippen molar-refractivity contribution < 1.29 is 14.0 Å². The van der Waals surface area contributed by atoms with Crippen molar-refractivity contribution in [3.05, 3.63) is 66.5 Å². The second-order valence-corrected chi connectivity index (χ2v) is 18.0. The van der Waals surface area contributed by atoms with Crippen LogP contribution in [-0.2, 0) is 15.8 Å². The molecule has 8 nitrogen and oxygen atoms in total. The van der Waals surface area contributed by atoms with Crippen molar-refractivity contribution in [3.63, 3.8) is 0 Å². The van der Waals surface area contributed by atoms with Crippen molar-refractivity contribution in [1.82, 2.24) is 15.3 Å². The molecule has 43 heavy (non-hydrogen) atoms. The molecule has 0 saturated carbocycles. The highest BCUT2D eigenvalue weighted by molar-refractivity contribution is 6.74. The molecule has 0 unspecified atom stereocenters. The fourth-order valence-corrected chi connectivity index (χ4v) is 5.11. The number of ether oxygens (including phenoxy) is 1. The number of hydrogen-bond donors (Lipinski definition) is 3. The van der Waals surface area contributed by atoms with E-state index >= 15 is 0 Å². The molecule has 0 saturated heterocycles. The molecule has 9 heteroatoms. The number of rotatable bonds is 15. The van der Waals surface area contributed by atoms with Gasteiger partial charge in [0.1, 0.15) is 17.2 Å². The Morgan fingerprint density at radius 3 is 2.40 bits per heavy atom. The van der Waals surface area contributed by atoms with Crippen LogP contribution in [0.3, 0.4) is 0 Å². The molecule has 2 heterocycles. The maximum Gasteiger partial charge on any atom is 0.407 e. The highest BCUT2D eigenvalue weighted by Crippen LogP contribution is 2.37. The summed E-state index contributed by atoms with van der Waals surface area (Å²) in [6.45, 7) is 19.2. The quantitative estimate of drug-likeness (QED) is 0.118. The molecule has 0 aliphatic rings. The van der Waals surface area contributed by atoms with E-state index in [2.05, 4.69) is 78.8 Å². The first kappa shape index (κ1) is 34.1. The minimum absolute atomic E-state index is 0.177. The summed E-state index contributed by atoms with van der Waals surface area (Å²) < 4.78 is 11.9. The van der Waals surface area contributed by atoms with Gasteiger partial charge in [-0.2, -0.15) is 0 Å². The number of aromatic nitrogens is 2. The topological polar surface area (TPSA) is 97.4 Å². The van der Waals surface area contributed by atoms with Gasteiger partial charge in [-0.3, -0.25) is 0 Å². The van der Waals surface area contributed by atoms with Crippen molar-refractivity contribution >= 4 is 31.7 Å². The van der Waals surface area contributed by atoms with E-state index in [1.165, 1.54) is 0 Å². The number of amides is 1. The lowest BCUT2D eigenvalue weighted by Gasteiger charge is -2.36. The number of nitrogens with zero attached hydrogens (tertiary/aromatic N) is 2. The predicted molar refractivity (Wildman–Crippen MR) is 180 cm³/mol. The molecule has 0 radical (unpaired) electrons. The Hall–Kier alpha value is -3.43. The van der Waals surface area contributed by atoms with Crippen LogP contribution in [0.1, 0.15) is 72.8 Å². The number of carbonyl (C=O) groups is 1. The van der Waals surface area contributed by atoms with Crippen LogP contribution in [0.5, 0.6) is 0 Å². The molecule has 1 aromatic carbocycles. The first-order valence-electron chi connectivity index (χ1n) is 15.4. The number of alkyl carbamates (subject to hydrolysis) is 1. The molecule has 0 aliphatic heterocycles. The number of pyridine rings is 2. The van der Waals surface area contributed by atoms with E-state index in [0.29, 0.717) is 19.7 Å². The fourth-order valence-electron chi connectivity index (χ4n) is 4.15. The lowest BCUT2D eigenvalue weighted by Crippen LogP contribution is -2.40. The van der Waals surface area contributed by atoms with E-state index < -0.39 is 13.9 Å². The first-order valence-corrected chi connectivity index (χ1v) is 18.3. The monoisotopic (exact) mass is 605 g/mol. The standard InChI is InChI=1S/C34H51N5O3Si/c1-9-10-18-34(5,6)42-32(40)37-20-12-19-35-30-16-15-28(24-38-30)27-17-21-36-31(23-27)39-29-14-11-13-26(22-29)25-41-43(7,8)33(2,3)4/h11,13-17,21-24H,9-10,12,18-20,25H2,1-8H3,(H,35,38)(H,36,39)(H,37,40). The van der Waals surface area contributed by atoms with Gasteiger partial charge < -0.3 is 25.1 Å². The predicted octanol–water partition coefficient (Wildman–Crippen LogP) is 8.91. The third-order valence-electron chi connectivity index (χ3n) is 7.89. The second kappa shape index (κ2) is 15.3. The fraction of sp³-hybridized carbons (Fsp3) is 0.500. The van der Waals surface area contributed by atoms with Crippen LogP contribution >= 0.6 is 0 Å². The molecule has 3 rings (SSSR count). The highest BCUT2D eigenvalue weighted by atomic mass is 28.4. The van der Waals surface area contributed by atoms with Gasteiger partial charge in [0, 0.05) is 36.7 Å². The molecule has 234 valence electrons.